The number of aromatic nitrogens is 3. The van der Waals surface area contributed by atoms with Gasteiger partial charge in [0.15, 0.2) is 0 Å². The minimum absolute atomic E-state index is 0.384. The van der Waals surface area contributed by atoms with Crippen molar-refractivity contribution in [3.63, 3.8) is 0 Å². The van der Waals surface area contributed by atoms with Crippen LogP contribution >= 0.6 is 0 Å². The van der Waals surface area contributed by atoms with Gasteiger partial charge in [-0.3, -0.25) is 4.98 Å². The predicted molar refractivity (Wildman–Crippen MR) is 82.7 cm³/mol. The average Bonchev–Trinajstić information content (AvgIpc) is 3.06. The molecule has 5 nitrogen and oxygen atoms in total. The fourth-order valence-electron chi connectivity index (χ4n) is 2.23. The lowest BCUT2D eigenvalue weighted by molar-refractivity contribution is 0.332. The summed E-state index contributed by atoms with van der Waals surface area (Å²) in [4.78, 5) is 8.53. The average molecular weight is 295 g/mol. The standard InChI is InChI=1S/C17H17N3O2/c1-17(2,13-4-6-14(21-3)7-5-13)16-19-15(20-22-16)12-8-10-18-11-9-12/h4-11H,1-3H3. The van der Waals surface area contributed by atoms with E-state index < -0.39 is 0 Å². The Labute approximate surface area is 129 Å². The van der Waals surface area contributed by atoms with Crippen LogP contribution in [-0.2, 0) is 5.41 Å². The number of nitrogens with zero attached hydrogens (tertiary/aromatic N) is 3. The minimum Gasteiger partial charge on any atom is -0.497 e. The molecule has 3 rings (SSSR count). The van der Waals surface area contributed by atoms with Crippen LogP contribution in [-0.4, -0.2) is 22.2 Å². The van der Waals surface area contributed by atoms with Crippen LogP contribution in [0.2, 0.25) is 0 Å². The van der Waals surface area contributed by atoms with E-state index in [-0.39, 0.29) is 5.41 Å². The van der Waals surface area contributed by atoms with Crippen molar-refractivity contribution in [3.05, 3.63) is 60.2 Å². The SMILES string of the molecule is COc1ccc(C(C)(C)c2nc(-c3ccncc3)no2)cc1. The molecule has 0 aliphatic rings. The third kappa shape index (κ3) is 2.57. The summed E-state index contributed by atoms with van der Waals surface area (Å²) in [6.07, 6.45) is 3.42. The van der Waals surface area contributed by atoms with Gasteiger partial charge in [0.1, 0.15) is 5.75 Å². The van der Waals surface area contributed by atoms with E-state index in [9.17, 15) is 0 Å². The highest BCUT2D eigenvalue weighted by Gasteiger charge is 2.30. The van der Waals surface area contributed by atoms with E-state index in [0.717, 1.165) is 16.9 Å². The van der Waals surface area contributed by atoms with E-state index in [4.69, 9.17) is 9.26 Å². The molecule has 5 heteroatoms. The normalized spacial score (nSPS) is 11.4. The van der Waals surface area contributed by atoms with Crippen molar-refractivity contribution in [2.24, 2.45) is 0 Å². The van der Waals surface area contributed by atoms with Gasteiger partial charge in [-0.1, -0.05) is 17.3 Å². The van der Waals surface area contributed by atoms with Gasteiger partial charge in [0.05, 0.1) is 12.5 Å². The largest absolute Gasteiger partial charge is 0.497 e. The molecule has 112 valence electrons. The molecule has 0 atom stereocenters. The van der Waals surface area contributed by atoms with Gasteiger partial charge in [0.2, 0.25) is 11.7 Å². The van der Waals surface area contributed by atoms with Crippen LogP contribution in [0.1, 0.15) is 25.3 Å². The maximum absolute atomic E-state index is 5.48. The number of rotatable bonds is 4. The lowest BCUT2D eigenvalue weighted by Gasteiger charge is -2.20. The zero-order chi connectivity index (χ0) is 15.6. The van der Waals surface area contributed by atoms with Gasteiger partial charge in [-0.2, -0.15) is 4.98 Å². The van der Waals surface area contributed by atoms with Crippen LogP contribution < -0.4 is 4.74 Å². The maximum atomic E-state index is 5.48. The summed E-state index contributed by atoms with van der Waals surface area (Å²) >= 11 is 0. The molecule has 0 N–H and O–H groups in total. The van der Waals surface area contributed by atoms with Crippen molar-refractivity contribution in [2.45, 2.75) is 19.3 Å². The molecule has 0 bridgehead atoms. The molecule has 0 saturated heterocycles. The van der Waals surface area contributed by atoms with E-state index in [1.54, 1.807) is 19.5 Å². The second-order valence-corrected chi connectivity index (χ2v) is 5.51. The molecule has 0 unspecified atom stereocenters. The molecular weight excluding hydrogens is 278 g/mol. The van der Waals surface area contributed by atoms with Gasteiger partial charge in [-0.05, 0) is 43.7 Å². The minimum atomic E-state index is -0.384. The van der Waals surface area contributed by atoms with Crippen LogP contribution in [0.3, 0.4) is 0 Å². The van der Waals surface area contributed by atoms with Crippen molar-refractivity contribution in [1.29, 1.82) is 0 Å². The van der Waals surface area contributed by atoms with Crippen LogP contribution in [0.5, 0.6) is 5.75 Å². The molecule has 0 amide bonds. The van der Waals surface area contributed by atoms with Crippen molar-refractivity contribution >= 4 is 0 Å². The highest BCUT2D eigenvalue weighted by Crippen LogP contribution is 2.32. The molecular formula is C17H17N3O2. The first-order valence-corrected chi connectivity index (χ1v) is 7.00. The predicted octanol–water partition coefficient (Wildman–Crippen LogP) is 3.47. The smallest absolute Gasteiger partial charge is 0.237 e. The number of ether oxygens (including phenoxy) is 1. The Morgan fingerprint density at radius 2 is 1.68 bits per heavy atom. The Morgan fingerprint density at radius 1 is 1.00 bits per heavy atom. The number of pyridine rings is 1. The zero-order valence-electron chi connectivity index (χ0n) is 12.8. The van der Waals surface area contributed by atoms with Crippen molar-refractivity contribution in [3.8, 4) is 17.1 Å². The van der Waals surface area contributed by atoms with Gasteiger partial charge >= 0.3 is 0 Å². The van der Waals surface area contributed by atoms with Crippen LogP contribution in [0, 0.1) is 0 Å². The molecule has 3 aromatic rings. The topological polar surface area (TPSA) is 61.0 Å². The molecule has 2 heterocycles. The lowest BCUT2D eigenvalue weighted by atomic mass is 9.84. The number of benzene rings is 1. The highest BCUT2D eigenvalue weighted by atomic mass is 16.5. The summed E-state index contributed by atoms with van der Waals surface area (Å²) in [5.74, 6) is 1.96. The number of hydrogen-bond acceptors (Lipinski definition) is 5. The third-order valence-electron chi connectivity index (χ3n) is 3.71. The number of hydrogen-bond donors (Lipinski definition) is 0. The van der Waals surface area contributed by atoms with Crippen LogP contribution in [0.25, 0.3) is 11.4 Å². The molecule has 0 spiro atoms. The number of methoxy groups -OCH3 is 1. The fourth-order valence-corrected chi connectivity index (χ4v) is 2.23. The molecule has 0 radical (unpaired) electrons. The van der Waals surface area contributed by atoms with Crippen LogP contribution in [0.4, 0.5) is 0 Å². The maximum Gasteiger partial charge on any atom is 0.237 e. The summed E-state index contributed by atoms with van der Waals surface area (Å²) in [6, 6.07) is 11.6. The van der Waals surface area contributed by atoms with Crippen molar-refractivity contribution in [2.75, 3.05) is 7.11 Å². The Hall–Kier alpha value is -2.69. The summed E-state index contributed by atoms with van der Waals surface area (Å²) < 4.78 is 10.7. The molecule has 1 aromatic carbocycles. The Morgan fingerprint density at radius 3 is 2.32 bits per heavy atom. The molecule has 22 heavy (non-hydrogen) atoms. The first kappa shape index (κ1) is 14.3. The summed E-state index contributed by atoms with van der Waals surface area (Å²) in [5, 5.41) is 4.07. The summed E-state index contributed by atoms with van der Waals surface area (Å²) in [6.45, 7) is 4.11. The molecule has 0 aliphatic carbocycles. The van der Waals surface area contributed by atoms with E-state index in [1.165, 1.54) is 0 Å². The van der Waals surface area contributed by atoms with Crippen molar-refractivity contribution < 1.29 is 9.26 Å². The molecule has 0 saturated carbocycles. The van der Waals surface area contributed by atoms with Crippen molar-refractivity contribution in [1.82, 2.24) is 15.1 Å². The Bertz CT molecular complexity index is 749. The van der Waals surface area contributed by atoms with E-state index in [2.05, 4.69) is 29.0 Å². The Balaban J connectivity index is 1.93. The molecule has 0 fully saturated rings. The molecule has 2 aromatic heterocycles. The quantitative estimate of drug-likeness (QED) is 0.737. The van der Waals surface area contributed by atoms with E-state index >= 15 is 0 Å². The summed E-state index contributed by atoms with van der Waals surface area (Å²) in [7, 11) is 1.65. The second-order valence-electron chi connectivity index (χ2n) is 5.51. The first-order valence-electron chi connectivity index (χ1n) is 7.00. The van der Waals surface area contributed by atoms with Gasteiger partial charge in [-0.25, -0.2) is 0 Å². The third-order valence-corrected chi connectivity index (χ3v) is 3.71. The zero-order valence-corrected chi connectivity index (χ0v) is 12.8. The molecule has 0 aliphatic heterocycles. The Kier molecular flexibility index (Phi) is 3.63. The second kappa shape index (κ2) is 5.60. The van der Waals surface area contributed by atoms with Gasteiger partial charge in [0, 0.05) is 18.0 Å². The van der Waals surface area contributed by atoms with Crippen LogP contribution in [0.15, 0.2) is 53.3 Å². The van der Waals surface area contributed by atoms with Gasteiger partial charge < -0.3 is 9.26 Å². The monoisotopic (exact) mass is 295 g/mol. The fraction of sp³-hybridized carbons (Fsp3) is 0.235. The van der Waals surface area contributed by atoms with Gasteiger partial charge in [0.25, 0.3) is 0 Å². The van der Waals surface area contributed by atoms with E-state index in [1.807, 2.05) is 36.4 Å². The first-order chi connectivity index (χ1) is 10.6. The van der Waals surface area contributed by atoms with E-state index in [0.29, 0.717) is 11.7 Å². The van der Waals surface area contributed by atoms with Gasteiger partial charge in [-0.15, -0.1) is 0 Å². The summed E-state index contributed by atoms with van der Waals surface area (Å²) in [5.41, 5.74) is 1.58. The highest BCUT2D eigenvalue weighted by molar-refractivity contribution is 5.53. The lowest BCUT2D eigenvalue weighted by Crippen LogP contribution is -2.19.